The van der Waals surface area contributed by atoms with Crippen molar-refractivity contribution in [2.75, 3.05) is 17.8 Å². The second kappa shape index (κ2) is 7.37. The Morgan fingerprint density at radius 3 is 2.72 bits per heavy atom. The number of rotatable bonds is 5. The Bertz CT molecular complexity index is 827. The molecule has 2 heterocycles. The van der Waals surface area contributed by atoms with Crippen molar-refractivity contribution >= 4 is 15.9 Å². The molecule has 1 aliphatic heterocycles. The zero-order valence-electron chi connectivity index (χ0n) is 14.3. The molecule has 3 rings (SSSR count). The van der Waals surface area contributed by atoms with E-state index >= 15 is 0 Å². The van der Waals surface area contributed by atoms with E-state index in [4.69, 9.17) is 4.74 Å². The van der Waals surface area contributed by atoms with Gasteiger partial charge in [0.15, 0.2) is 0 Å². The summed E-state index contributed by atoms with van der Waals surface area (Å²) in [4.78, 5) is 8.00. The molecule has 1 atom stereocenters. The third-order valence-electron chi connectivity index (χ3n) is 4.15. The smallest absolute Gasteiger partial charge is 0.321 e. The number of hydrogen-bond acceptors (Lipinski definition) is 5. The normalized spacial score (nSPS) is 18.7. The Morgan fingerprint density at radius 1 is 1.28 bits per heavy atom. The summed E-state index contributed by atoms with van der Waals surface area (Å²) in [7, 11) is -3.55. The van der Waals surface area contributed by atoms with Crippen LogP contribution in [-0.2, 0) is 10.2 Å². The molecule has 0 amide bonds. The molecule has 2 aromatic rings. The number of ether oxygens (including phenoxy) is 1. The Morgan fingerprint density at radius 2 is 2.04 bits per heavy atom. The highest BCUT2D eigenvalue weighted by Gasteiger charge is 2.27. The molecule has 1 aromatic carbocycles. The molecule has 134 valence electrons. The van der Waals surface area contributed by atoms with Gasteiger partial charge in [-0.05, 0) is 55.5 Å². The molecular weight excluding hydrogens is 340 g/mol. The fraction of sp³-hybridized carbons (Fsp3) is 0.412. The molecule has 8 heteroatoms. The predicted octanol–water partition coefficient (Wildman–Crippen LogP) is 2.97. The van der Waals surface area contributed by atoms with E-state index < -0.39 is 10.2 Å². The van der Waals surface area contributed by atoms with Crippen LogP contribution in [0.4, 0.5) is 5.69 Å². The molecule has 1 N–H and O–H groups in total. The van der Waals surface area contributed by atoms with Crippen LogP contribution in [0.3, 0.4) is 0 Å². The van der Waals surface area contributed by atoms with Crippen LogP contribution in [0.5, 0.6) is 11.8 Å². The van der Waals surface area contributed by atoms with Gasteiger partial charge in [-0.25, -0.2) is 9.97 Å². The molecular formula is C17H22N4O3S. The van der Waals surface area contributed by atoms with Crippen molar-refractivity contribution in [3.63, 3.8) is 0 Å². The molecule has 0 bridgehead atoms. The molecule has 1 saturated heterocycles. The average Bonchev–Trinajstić information content (AvgIpc) is 2.58. The minimum Gasteiger partial charge on any atom is -0.424 e. The van der Waals surface area contributed by atoms with Gasteiger partial charge in [0, 0.05) is 25.5 Å². The zero-order chi connectivity index (χ0) is 17.9. The van der Waals surface area contributed by atoms with Crippen LogP contribution in [0.2, 0.25) is 0 Å². The number of anilines is 1. The summed E-state index contributed by atoms with van der Waals surface area (Å²) in [6.45, 7) is 5.02. The lowest BCUT2D eigenvalue weighted by molar-refractivity contribution is 0.282. The number of benzene rings is 1. The fourth-order valence-corrected chi connectivity index (χ4v) is 4.28. The highest BCUT2D eigenvalue weighted by atomic mass is 32.2. The van der Waals surface area contributed by atoms with Gasteiger partial charge in [-0.3, -0.25) is 4.72 Å². The largest absolute Gasteiger partial charge is 0.424 e. The third-order valence-corrected chi connectivity index (χ3v) is 5.64. The van der Waals surface area contributed by atoms with Crippen LogP contribution < -0.4 is 9.46 Å². The monoisotopic (exact) mass is 362 g/mol. The van der Waals surface area contributed by atoms with Gasteiger partial charge in [-0.1, -0.05) is 6.92 Å². The first-order chi connectivity index (χ1) is 11.9. The first-order valence-electron chi connectivity index (χ1n) is 8.27. The van der Waals surface area contributed by atoms with E-state index in [1.54, 1.807) is 36.7 Å². The van der Waals surface area contributed by atoms with E-state index in [1.807, 2.05) is 6.92 Å². The van der Waals surface area contributed by atoms with Gasteiger partial charge in [0.1, 0.15) is 5.75 Å². The van der Waals surface area contributed by atoms with Crippen LogP contribution in [0.15, 0.2) is 36.7 Å². The van der Waals surface area contributed by atoms with Crippen molar-refractivity contribution < 1.29 is 13.2 Å². The summed E-state index contributed by atoms with van der Waals surface area (Å²) in [6, 6.07) is 7.10. The fourth-order valence-electron chi connectivity index (χ4n) is 2.83. The number of aromatic nitrogens is 2. The molecule has 0 saturated carbocycles. The maximum absolute atomic E-state index is 12.6. The van der Waals surface area contributed by atoms with Gasteiger partial charge in [0.2, 0.25) is 0 Å². The maximum atomic E-state index is 12.6. The summed E-state index contributed by atoms with van der Waals surface area (Å²) in [5.41, 5.74) is 1.31. The first-order valence-corrected chi connectivity index (χ1v) is 9.71. The molecule has 1 unspecified atom stereocenters. The number of nitrogens with one attached hydrogen (secondary N) is 1. The quantitative estimate of drug-likeness (QED) is 0.884. The van der Waals surface area contributed by atoms with Gasteiger partial charge in [-0.15, -0.1) is 0 Å². The molecule has 1 aliphatic rings. The van der Waals surface area contributed by atoms with Crippen LogP contribution in [0.25, 0.3) is 0 Å². The second-order valence-corrected chi connectivity index (χ2v) is 7.99. The maximum Gasteiger partial charge on any atom is 0.321 e. The molecule has 0 radical (unpaired) electrons. The highest BCUT2D eigenvalue weighted by Crippen LogP contribution is 2.26. The second-order valence-electron chi connectivity index (χ2n) is 6.32. The van der Waals surface area contributed by atoms with Gasteiger partial charge in [0.05, 0.1) is 5.69 Å². The van der Waals surface area contributed by atoms with Gasteiger partial charge < -0.3 is 4.74 Å². The predicted molar refractivity (Wildman–Crippen MR) is 95.8 cm³/mol. The third kappa shape index (κ3) is 4.46. The van der Waals surface area contributed by atoms with E-state index in [0.29, 0.717) is 30.4 Å². The zero-order valence-corrected chi connectivity index (χ0v) is 15.2. The van der Waals surface area contributed by atoms with E-state index in [0.717, 1.165) is 18.4 Å². The van der Waals surface area contributed by atoms with Gasteiger partial charge >= 0.3 is 16.2 Å². The summed E-state index contributed by atoms with van der Waals surface area (Å²) >= 11 is 0. The van der Waals surface area contributed by atoms with Gasteiger partial charge in [-0.2, -0.15) is 12.7 Å². The number of hydrogen-bond donors (Lipinski definition) is 1. The Balaban J connectivity index is 1.72. The standard InChI is InChI=1S/C17H22N4O3S/c1-13-5-3-10-21(12-13)25(22,23)20-16-7-6-15(11-14(16)2)24-17-18-8-4-9-19-17/h4,6-9,11,13,20H,3,5,10,12H2,1-2H3. The minimum absolute atomic E-state index is 0.248. The van der Waals surface area contributed by atoms with Crippen molar-refractivity contribution in [3.05, 3.63) is 42.2 Å². The number of aryl methyl sites for hydroxylation is 1. The summed E-state index contributed by atoms with van der Waals surface area (Å²) in [5, 5.41) is 0. The minimum atomic E-state index is -3.55. The number of nitrogens with zero attached hydrogens (tertiary/aromatic N) is 3. The number of piperidine rings is 1. The Labute approximate surface area is 148 Å². The van der Waals surface area contributed by atoms with E-state index in [9.17, 15) is 8.42 Å². The summed E-state index contributed by atoms with van der Waals surface area (Å²) < 4.78 is 34.9. The van der Waals surface area contributed by atoms with E-state index in [2.05, 4.69) is 21.6 Å². The summed E-state index contributed by atoms with van der Waals surface area (Å²) in [6.07, 6.45) is 5.15. The van der Waals surface area contributed by atoms with Crippen molar-refractivity contribution in [1.82, 2.24) is 14.3 Å². The molecule has 1 fully saturated rings. The van der Waals surface area contributed by atoms with Crippen molar-refractivity contribution in [3.8, 4) is 11.8 Å². The topological polar surface area (TPSA) is 84.4 Å². The van der Waals surface area contributed by atoms with Crippen molar-refractivity contribution in [1.29, 1.82) is 0 Å². The lowest BCUT2D eigenvalue weighted by Gasteiger charge is -2.30. The van der Waals surface area contributed by atoms with Crippen LogP contribution in [-0.4, -0.2) is 35.8 Å². The van der Waals surface area contributed by atoms with Crippen LogP contribution in [0, 0.1) is 12.8 Å². The van der Waals surface area contributed by atoms with E-state index in [1.165, 1.54) is 4.31 Å². The first kappa shape index (κ1) is 17.6. The van der Waals surface area contributed by atoms with Crippen molar-refractivity contribution in [2.24, 2.45) is 5.92 Å². The SMILES string of the molecule is Cc1cc(Oc2ncccn2)ccc1NS(=O)(=O)N1CCCC(C)C1. The lowest BCUT2D eigenvalue weighted by atomic mass is 10.0. The van der Waals surface area contributed by atoms with Gasteiger partial charge in [0.25, 0.3) is 0 Å². The molecule has 1 aromatic heterocycles. The van der Waals surface area contributed by atoms with Crippen LogP contribution >= 0.6 is 0 Å². The van der Waals surface area contributed by atoms with E-state index in [-0.39, 0.29) is 6.01 Å². The lowest BCUT2D eigenvalue weighted by Crippen LogP contribution is -2.42. The Kier molecular flexibility index (Phi) is 5.19. The van der Waals surface area contributed by atoms with Crippen molar-refractivity contribution in [2.45, 2.75) is 26.7 Å². The highest BCUT2D eigenvalue weighted by molar-refractivity contribution is 7.90. The molecule has 0 aliphatic carbocycles. The summed E-state index contributed by atoms with van der Waals surface area (Å²) in [5.74, 6) is 0.936. The molecule has 7 nitrogen and oxygen atoms in total. The van der Waals surface area contributed by atoms with Crippen LogP contribution in [0.1, 0.15) is 25.3 Å². The molecule has 0 spiro atoms. The molecule has 25 heavy (non-hydrogen) atoms. The average molecular weight is 362 g/mol. The Hall–Kier alpha value is -2.19.